The quantitative estimate of drug-likeness (QED) is 0.589. The maximum Gasteiger partial charge on any atom is 0.329 e. The van der Waals surface area contributed by atoms with Gasteiger partial charge in [-0.2, -0.15) is 0 Å². The summed E-state index contributed by atoms with van der Waals surface area (Å²) in [7, 11) is 0. The molecule has 2 aromatic heterocycles. The second kappa shape index (κ2) is 7.93. The number of fused-ring (bicyclic) bond motifs is 4. The lowest BCUT2D eigenvalue weighted by Crippen LogP contribution is -2.48. The van der Waals surface area contributed by atoms with Crippen LogP contribution in [-0.2, 0) is 0 Å². The van der Waals surface area contributed by atoms with Crippen LogP contribution in [-0.4, -0.2) is 52.6 Å². The van der Waals surface area contributed by atoms with E-state index in [0.29, 0.717) is 36.6 Å². The smallest absolute Gasteiger partial charge is 0.329 e. The highest BCUT2D eigenvalue weighted by molar-refractivity contribution is 6.05. The first-order chi connectivity index (χ1) is 13.7. The Bertz CT molecular complexity index is 873. The van der Waals surface area contributed by atoms with E-state index in [1.54, 1.807) is 29.3 Å². The molecular formula is C20H23N5O3. The second-order valence-corrected chi connectivity index (χ2v) is 7.05. The summed E-state index contributed by atoms with van der Waals surface area (Å²) in [4.78, 5) is 38.1. The zero-order valence-electron chi connectivity index (χ0n) is 15.5. The maximum absolute atomic E-state index is 13.0. The van der Waals surface area contributed by atoms with E-state index >= 15 is 0 Å². The predicted molar refractivity (Wildman–Crippen MR) is 106 cm³/mol. The molecule has 4 heterocycles. The van der Waals surface area contributed by atoms with Crippen LogP contribution in [0.5, 0.6) is 0 Å². The molecule has 2 aliphatic rings. The molecule has 0 aromatic carbocycles. The summed E-state index contributed by atoms with van der Waals surface area (Å²) in [5.41, 5.74) is 1.23. The number of amides is 2. The third-order valence-electron chi connectivity index (χ3n) is 5.17. The summed E-state index contributed by atoms with van der Waals surface area (Å²) >= 11 is 0. The van der Waals surface area contributed by atoms with Crippen molar-refractivity contribution in [3.05, 3.63) is 42.2 Å². The third kappa shape index (κ3) is 3.55. The van der Waals surface area contributed by atoms with Crippen molar-refractivity contribution in [2.24, 2.45) is 0 Å². The Morgan fingerprint density at radius 2 is 2.11 bits per heavy atom. The molecule has 1 fully saturated rings. The van der Waals surface area contributed by atoms with Crippen LogP contribution in [0, 0.1) is 0 Å². The summed E-state index contributed by atoms with van der Waals surface area (Å²) < 4.78 is 0. The molecule has 2 bridgehead atoms. The first-order valence-corrected chi connectivity index (χ1v) is 9.58. The molecule has 1 saturated heterocycles. The summed E-state index contributed by atoms with van der Waals surface area (Å²) in [6.45, 7) is 1.69. The molecule has 8 nitrogen and oxygen atoms in total. The molecule has 1 atom stereocenters. The second-order valence-electron chi connectivity index (χ2n) is 7.05. The predicted octanol–water partition coefficient (Wildman–Crippen LogP) is 2.45. The molecule has 2 N–H and O–H groups in total. The molecule has 146 valence electrons. The SMILES string of the molecule is O=C(CCCCO)c1ccc2c(n1)N(C(=O)Nc1ccccn1)[C@H]1CCN2C1. The maximum atomic E-state index is 13.0. The molecule has 4 rings (SSSR count). The number of aliphatic hydroxyl groups is 1. The Morgan fingerprint density at radius 1 is 1.21 bits per heavy atom. The first-order valence-electron chi connectivity index (χ1n) is 9.58. The number of aromatic nitrogens is 2. The number of pyridine rings is 2. The standard InChI is InChI=1S/C20H23N5O3/c26-12-4-2-5-17(27)15-7-8-16-19(22-15)25(14-9-11-24(16)13-14)20(28)23-18-6-1-3-10-21-18/h1,3,6-8,10,14,26H,2,4-5,9,11-13H2,(H,21,23,28)/t14-/m0/s1. The Hall–Kier alpha value is -3.00. The Labute approximate surface area is 163 Å². The number of carbonyl (C=O) groups is 2. The summed E-state index contributed by atoms with van der Waals surface area (Å²) in [5.74, 6) is 0.926. The van der Waals surface area contributed by atoms with Gasteiger partial charge in [-0.3, -0.25) is 15.0 Å². The number of nitrogens with one attached hydrogen (secondary N) is 1. The van der Waals surface area contributed by atoms with Crippen molar-refractivity contribution in [1.29, 1.82) is 0 Å². The van der Waals surface area contributed by atoms with Crippen LogP contribution < -0.4 is 15.1 Å². The van der Waals surface area contributed by atoms with Gasteiger partial charge in [0.25, 0.3) is 0 Å². The van der Waals surface area contributed by atoms with Crippen LogP contribution in [0.4, 0.5) is 22.1 Å². The van der Waals surface area contributed by atoms with E-state index in [1.807, 2.05) is 12.1 Å². The number of nitrogens with zero attached hydrogens (tertiary/aromatic N) is 4. The van der Waals surface area contributed by atoms with Crippen LogP contribution >= 0.6 is 0 Å². The number of urea groups is 1. The summed E-state index contributed by atoms with van der Waals surface area (Å²) in [5, 5.41) is 11.7. The third-order valence-corrected chi connectivity index (χ3v) is 5.17. The van der Waals surface area contributed by atoms with Crippen LogP contribution in [0.1, 0.15) is 36.2 Å². The van der Waals surface area contributed by atoms with Crippen LogP contribution in [0.3, 0.4) is 0 Å². The van der Waals surface area contributed by atoms with Gasteiger partial charge in [0.2, 0.25) is 0 Å². The number of rotatable bonds is 6. The largest absolute Gasteiger partial charge is 0.396 e. The van der Waals surface area contributed by atoms with E-state index in [9.17, 15) is 9.59 Å². The molecule has 0 radical (unpaired) electrons. The molecular weight excluding hydrogens is 358 g/mol. The van der Waals surface area contributed by atoms with Gasteiger partial charge < -0.3 is 10.0 Å². The summed E-state index contributed by atoms with van der Waals surface area (Å²) in [6, 6.07) is 8.67. The summed E-state index contributed by atoms with van der Waals surface area (Å²) in [6.07, 6.45) is 4.02. The number of ketones is 1. The molecule has 0 aliphatic carbocycles. The molecule has 2 aliphatic heterocycles. The molecule has 2 amide bonds. The van der Waals surface area contributed by atoms with Gasteiger partial charge in [-0.1, -0.05) is 6.07 Å². The van der Waals surface area contributed by atoms with Gasteiger partial charge in [0.15, 0.2) is 11.6 Å². The van der Waals surface area contributed by atoms with Gasteiger partial charge in [0, 0.05) is 32.3 Å². The molecule has 0 unspecified atom stereocenters. The zero-order chi connectivity index (χ0) is 19.5. The number of aliphatic hydroxyl groups excluding tert-OH is 1. The van der Waals surface area contributed by atoms with E-state index < -0.39 is 0 Å². The number of hydrogen-bond donors (Lipinski definition) is 2. The van der Waals surface area contributed by atoms with Crippen molar-refractivity contribution in [3.8, 4) is 0 Å². The topological polar surface area (TPSA) is 98.7 Å². The number of hydrogen-bond acceptors (Lipinski definition) is 6. The number of Topliss-reactive ketones (excluding diaryl/α,β-unsaturated/α-hetero) is 1. The molecule has 0 spiro atoms. The minimum atomic E-state index is -0.288. The Morgan fingerprint density at radius 3 is 2.89 bits per heavy atom. The Balaban J connectivity index is 1.61. The van der Waals surface area contributed by atoms with Crippen LogP contribution in [0.15, 0.2) is 36.5 Å². The fraction of sp³-hybridized carbons (Fsp3) is 0.400. The van der Waals surface area contributed by atoms with Gasteiger partial charge in [-0.05, 0) is 43.5 Å². The molecule has 28 heavy (non-hydrogen) atoms. The fourth-order valence-corrected chi connectivity index (χ4v) is 3.76. The van der Waals surface area contributed by atoms with E-state index in [4.69, 9.17) is 5.11 Å². The number of carbonyl (C=O) groups excluding carboxylic acids is 2. The molecule has 2 aromatic rings. The van der Waals surface area contributed by atoms with Gasteiger partial charge >= 0.3 is 6.03 Å². The van der Waals surface area contributed by atoms with Crippen molar-refractivity contribution in [3.63, 3.8) is 0 Å². The number of anilines is 3. The van der Waals surface area contributed by atoms with Crippen LogP contribution in [0.25, 0.3) is 0 Å². The van der Waals surface area contributed by atoms with Gasteiger partial charge in [-0.15, -0.1) is 0 Å². The van der Waals surface area contributed by atoms with E-state index in [2.05, 4.69) is 20.2 Å². The molecule has 8 heteroatoms. The first kappa shape index (κ1) is 18.4. The Kier molecular flexibility index (Phi) is 5.21. The fourth-order valence-electron chi connectivity index (χ4n) is 3.76. The highest BCUT2D eigenvalue weighted by Gasteiger charge is 2.40. The van der Waals surface area contributed by atoms with E-state index in [-0.39, 0.29) is 24.5 Å². The average molecular weight is 381 g/mol. The van der Waals surface area contributed by atoms with Crippen molar-refractivity contribution in [1.82, 2.24) is 9.97 Å². The normalized spacial score (nSPS) is 17.4. The lowest BCUT2D eigenvalue weighted by Gasteiger charge is -2.35. The van der Waals surface area contributed by atoms with Crippen LogP contribution in [0.2, 0.25) is 0 Å². The van der Waals surface area contributed by atoms with Crippen molar-refractivity contribution < 1.29 is 14.7 Å². The zero-order valence-corrected chi connectivity index (χ0v) is 15.5. The van der Waals surface area contributed by atoms with Crippen molar-refractivity contribution in [2.45, 2.75) is 31.7 Å². The molecule has 0 saturated carbocycles. The number of unbranched alkanes of at least 4 members (excludes halogenated alkanes) is 1. The van der Waals surface area contributed by atoms with Gasteiger partial charge in [0.05, 0.1) is 11.7 Å². The van der Waals surface area contributed by atoms with E-state index in [1.165, 1.54) is 0 Å². The van der Waals surface area contributed by atoms with Crippen molar-refractivity contribution >= 4 is 29.1 Å². The lowest BCUT2D eigenvalue weighted by molar-refractivity contribution is 0.0972. The highest BCUT2D eigenvalue weighted by atomic mass is 16.3. The van der Waals surface area contributed by atoms with Crippen molar-refractivity contribution in [2.75, 3.05) is 34.8 Å². The van der Waals surface area contributed by atoms with Gasteiger partial charge in [-0.25, -0.2) is 14.8 Å². The minimum Gasteiger partial charge on any atom is -0.396 e. The average Bonchev–Trinajstić information content (AvgIpc) is 3.13. The van der Waals surface area contributed by atoms with E-state index in [0.717, 1.165) is 25.2 Å². The lowest BCUT2D eigenvalue weighted by atomic mass is 10.1. The minimum absolute atomic E-state index is 0.0171. The monoisotopic (exact) mass is 381 g/mol. The van der Waals surface area contributed by atoms with Gasteiger partial charge in [0.1, 0.15) is 11.5 Å². The highest BCUT2D eigenvalue weighted by Crippen LogP contribution is 2.39.